The fraction of sp³-hybridized carbons (Fsp3) is 0.684. The van der Waals surface area contributed by atoms with Crippen LogP contribution in [0.3, 0.4) is 0 Å². The number of nitrogens with zero attached hydrogens (tertiary/aromatic N) is 4. The highest BCUT2D eigenvalue weighted by atomic mass is 15.3. The molecule has 0 amide bonds. The Bertz CT molecular complexity index is 560. The molecule has 2 aliphatic rings. The standard InChI is InChI=1S/C19H31N5/c1-3-21-19(22-10-8-17-6-4-5-7-17)23-12-9-16(2)18(14-23)24-13-11-20-15-24/h6,11,13,15-16,18H,3-5,7-10,12,14H2,1-2H3,(H,21,22). The summed E-state index contributed by atoms with van der Waals surface area (Å²) in [5.41, 5.74) is 1.60. The molecule has 1 aliphatic carbocycles. The summed E-state index contributed by atoms with van der Waals surface area (Å²) < 4.78 is 2.25. The summed E-state index contributed by atoms with van der Waals surface area (Å²) in [6.45, 7) is 8.40. The van der Waals surface area contributed by atoms with E-state index >= 15 is 0 Å². The minimum atomic E-state index is 0.475. The Balaban J connectivity index is 1.63. The van der Waals surface area contributed by atoms with Crippen LogP contribution < -0.4 is 5.32 Å². The average Bonchev–Trinajstić information content (AvgIpc) is 3.28. The van der Waals surface area contributed by atoms with Crippen LogP contribution in [0.25, 0.3) is 0 Å². The normalized spacial score (nSPS) is 25.0. The van der Waals surface area contributed by atoms with Gasteiger partial charge in [-0.05, 0) is 44.9 Å². The Morgan fingerprint density at radius 1 is 1.46 bits per heavy atom. The van der Waals surface area contributed by atoms with Crippen molar-refractivity contribution in [3.63, 3.8) is 0 Å². The molecule has 1 aromatic rings. The first-order chi connectivity index (χ1) is 11.8. The van der Waals surface area contributed by atoms with Crippen LogP contribution in [0, 0.1) is 5.92 Å². The largest absolute Gasteiger partial charge is 0.357 e. The van der Waals surface area contributed by atoms with Crippen LogP contribution in [0.5, 0.6) is 0 Å². The van der Waals surface area contributed by atoms with Crippen molar-refractivity contribution < 1.29 is 0 Å². The van der Waals surface area contributed by atoms with E-state index in [-0.39, 0.29) is 0 Å². The Kier molecular flexibility index (Phi) is 5.94. The maximum Gasteiger partial charge on any atom is 0.193 e. The number of likely N-dealkylation sites (tertiary alicyclic amines) is 1. The number of hydrogen-bond acceptors (Lipinski definition) is 2. The van der Waals surface area contributed by atoms with Gasteiger partial charge in [-0.3, -0.25) is 4.99 Å². The highest BCUT2D eigenvalue weighted by Gasteiger charge is 2.28. The molecule has 2 atom stereocenters. The van der Waals surface area contributed by atoms with Crippen LogP contribution in [-0.2, 0) is 0 Å². The molecule has 0 spiro atoms. The van der Waals surface area contributed by atoms with E-state index in [0.717, 1.165) is 38.6 Å². The topological polar surface area (TPSA) is 45.5 Å². The zero-order valence-electron chi connectivity index (χ0n) is 15.1. The van der Waals surface area contributed by atoms with Gasteiger partial charge in [0.2, 0.25) is 0 Å². The second-order valence-corrected chi connectivity index (χ2v) is 7.03. The van der Waals surface area contributed by atoms with Crippen LogP contribution in [0.4, 0.5) is 0 Å². The average molecular weight is 329 g/mol. The fourth-order valence-electron chi connectivity index (χ4n) is 3.79. The van der Waals surface area contributed by atoms with E-state index in [1.165, 1.54) is 25.7 Å². The molecule has 5 nitrogen and oxygen atoms in total. The molecule has 1 saturated heterocycles. The lowest BCUT2D eigenvalue weighted by Gasteiger charge is -2.39. The van der Waals surface area contributed by atoms with Gasteiger partial charge in [-0.2, -0.15) is 0 Å². The van der Waals surface area contributed by atoms with E-state index in [1.54, 1.807) is 5.57 Å². The summed E-state index contributed by atoms with van der Waals surface area (Å²) in [6, 6.07) is 0.475. The van der Waals surface area contributed by atoms with E-state index in [1.807, 2.05) is 12.5 Å². The van der Waals surface area contributed by atoms with Gasteiger partial charge < -0.3 is 14.8 Å². The number of nitrogens with one attached hydrogen (secondary N) is 1. The lowest BCUT2D eigenvalue weighted by molar-refractivity contribution is 0.189. The van der Waals surface area contributed by atoms with Crippen LogP contribution in [0.2, 0.25) is 0 Å². The van der Waals surface area contributed by atoms with E-state index in [0.29, 0.717) is 12.0 Å². The van der Waals surface area contributed by atoms with Gasteiger partial charge in [0.1, 0.15) is 0 Å². The maximum atomic E-state index is 4.91. The van der Waals surface area contributed by atoms with Gasteiger partial charge in [-0.1, -0.05) is 18.6 Å². The summed E-state index contributed by atoms with van der Waals surface area (Å²) in [5.74, 6) is 1.75. The minimum absolute atomic E-state index is 0.475. The van der Waals surface area contributed by atoms with Crippen molar-refractivity contribution in [3.05, 3.63) is 30.4 Å². The molecule has 5 heteroatoms. The minimum Gasteiger partial charge on any atom is -0.357 e. The lowest BCUT2D eigenvalue weighted by atomic mass is 9.93. The summed E-state index contributed by atoms with van der Waals surface area (Å²) in [7, 11) is 0. The van der Waals surface area contributed by atoms with Crippen molar-refractivity contribution in [1.29, 1.82) is 0 Å². The van der Waals surface area contributed by atoms with Crippen molar-refractivity contribution in [2.45, 2.75) is 52.0 Å². The third kappa shape index (κ3) is 4.19. The molecule has 1 aromatic heterocycles. The number of rotatable bonds is 5. The van der Waals surface area contributed by atoms with Crippen LogP contribution >= 0.6 is 0 Å². The number of hydrogen-bond donors (Lipinski definition) is 1. The smallest absolute Gasteiger partial charge is 0.193 e. The molecule has 132 valence electrons. The molecular weight excluding hydrogens is 298 g/mol. The Labute approximate surface area is 145 Å². The van der Waals surface area contributed by atoms with Crippen molar-refractivity contribution in [3.8, 4) is 0 Å². The van der Waals surface area contributed by atoms with Crippen molar-refractivity contribution in [1.82, 2.24) is 19.8 Å². The summed E-state index contributed by atoms with van der Waals surface area (Å²) in [4.78, 5) is 11.6. The Morgan fingerprint density at radius 3 is 3.08 bits per heavy atom. The molecule has 2 unspecified atom stereocenters. The molecule has 0 aromatic carbocycles. The van der Waals surface area contributed by atoms with E-state index in [4.69, 9.17) is 4.99 Å². The molecule has 1 N–H and O–H groups in total. The number of aromatic nitrogens is 2. The number of guanidine groups is 1. The molecular formula is C19H31N5. The van der Waals surface area contributed by atoms with E-state index in [9.17, 15) is 0 Å². The van der Waals surface area contributed by atoms with Crippen molar-refractivity contribution in [2.24, 2.45) is 10.9 Å². The third-order valence-electron chi connectivity index (χ3n) is 5.29. The van der Waals surface area contributed by atoms with Gasteiger partial charge in [0.25, 0.3) is 0 Å². The SMILES string of the molecule is CCNC(=NCCC1=CCCC1)N1CCC(C)C(n2ccnc2)C1. The van der Waals surface area contributed by atoms with Crippen molar-refractivity contribution in [2.75, 3.05) is 26.2 Å². The molecule has 3 rings (SSSR count). The quantitative estimate of drug-likeness (QED) is 0.512. The molecule has 1 fully saturated rings. The molecule has 0 radical (unpaired) electrons. The van der Waals surface area contributed by atoms with Gasteiger partial charge in [0.05, 0.1) is 12.4 Å². The molecule has 1 aliphatic heterocycles. The number of piperidine rings is 1. The number of aliphatic imine (C=N–C) groups is 1. The predicted molar refractivity (Wildman–Crippen MR) is 99.1 cm³/mol. The summed E-state index contributed by atoms with van der Waals surface area (Å²) in [5, 5.41) is 3.49. The van der Waals surface area contributed by atoms with Crippen LogP contribution in [0.1, 0.15) is 52.0 Å². The zero-order chi connectivity index (χ0) is 16.8. The molecule has 0 bridgehead atoms. The lowest BCUT2D eigenvalue weighted by Crippen LogP contribution is -2.49. The van der Waals surface area contributed by atoms with Gasteiger partial charge >= 0.3 is 0 Å². The van der Waals surface area contributed by atoms with E-state index < -0.39 is 0 Å². The monoisotopic (exact) mass is 329 g/mol. The Morgan fingerprint density at radius 2 is 2.38 bits per heavy atom. The third-order valence-corrected chi connectivity index (χ3v) is 5.29. The van der Waals surface area contributed by atoms with Crippen LogP contribution in [-0.4, -0.2) is 46.6 Å². The molecule has 24 heavy (non-hydrogen) atoms. The second-order valence-electron chi connectivity index (χ2n) is 7.03. The Hall–Kier alpha value is -1.78. The van der Waals surface area contributed by atoms with Gasteiger partial charge in [-0.25, -0.2) is 4.98 Å². The first-order valence-corrected chi connectivity index (χ1v) is 9.46. The molecule has 2 heterocycles. The zero-order valence-corrected chi connectivity index (χ0v) is 15.1. The maximum absolute atomic E-state index is 4.91. The fourth-order valence-corrected chi connectivity index (χ4v) is 3.79. The van der Waals surface area contributed by atoms with E-state index in [2.05, 4.69) is 45.9 Å². The first kappa shape index (κ1) is 17.1. The summed E-state index contributed by atoms with van der Waals surface area (Å²) in [6.07, 6.45) is 14.5. The van der Waals surface area contributed by atoms with Gasteiger partial charge in [0.15, 0.2) is 5.96 Å². The summed E-state index contributed by atoms with van der Waals surface area (Å²) >= 11 is 0. The van der Waals surface area contributed by atoms with Gasteiger partial charge in [0, 0.05) is 38.6 Å². The highest BCUT2D eigenvalue weighted by molar-refractivity contribution is 5.80. The number of allylic oxidation sites excluding steroid dienone is 1. The first-order valence-electron chi connectivity index (χ1n) is 9.46. The molecule has 0 saturated carbocycles. The van der Waals surface area contributed by atoms with Crippen molar-refractivity contribution >= 4 is 5.96 Å². The number of imidazole rings is 1. The highest BCUT2D eigenvalue weighted by Crippen LogP contribution is 2.27. The predicted octanol–water partition coefficient (Wildman–Crippen LogP) is 3.23. The van der Waals surface area contributed by atoms with Crippen LogP contribution in [0.15, 0.2) is 35.4 Å². The van der Waals surface area contributed by atoms with Gasteiger partial charge in [-0.15, -0.1) is 0 Å². The second kappa shape index (κ2) is 8.36.